The number of hydrogen-bond acceptors (Lipinski definition) is 5. The van der Waals surface area contributed by atoms with Crippen LogP contribution in [0.2, 0.25) is 0 Å². The molecule has 2 N–H and O–H groups in total. The molecule has 5 aliphatic carbocycles. The van der Waals surface area contributed by atoms with Crippen molar-refractivity contribution in [2.75, 3.05) is 19.7 Å². The van der Waals surface area contributed by atoms with Crippen molar-refractivity contribution in [1.82, 2.24) is 4.90 Å². The highest BCUT2D eigenvalue weighted by Gasteiger charge is 2.80. The highest BCUT2D eigenvalue weighted by Crippen LogP contribution is 2.77. The maximum absolute atomic E-state index is 12.4. The smallest absolute Gasteiger partial charge is 0.165 e. The Morgan fingerprint density at radius 1 is 1.05 bits per heavy atom. The Labute approximate surface area is 244 Å². The first-order valence-corrected chi connectivity index (χ1v) is 15.8. The molecule has 4 bridgehead atoms. The number of rotatable bonds is 7. The lowest BCUT2D eigenvalue weighted by Gasteiger charge is -2.73. The lowest BCUT2D eigenvalue weighted by atomic mass is 9.33. The summed E-state index contributed by atoms with van der Waals surface area (Å²) < 4.78 is 13.7. The van der Waals surface area contributed by atoms with E-state index < -0.39 is 11.0 Å². The maximum Gasteiger partial charge on any atom is 0.165 e. The highest BCUT2D eigenvalue weighted by molar-refractivity contribution is 5.65. The van der Waals surface area contributed by atoms with E-state index in [1.165, 1.54) is 30.5 Å². The summed E-state index contributed by atoms with van der Waals surface area (Å²) in [4.78, 5) is 2.80. The van der Waals surface area contributed by atoms with Crippen molar-refractivity contribution in [2.45, 2.75) is 89.6 Å². The Kier molecular flexibility index (Phi) is 5.38. The molecule has 7 aliphatic rings. The number of benzene rings is 2. The van der Waals surface area contributed by atoms with Crippen LogP contribution < -0.4 is 9.47 Å². The standard InChI is InChI=1S/C36H45NO4/c1-32(2,3)33(4,39)27-19-35-15-14-34(27,22-38)31-36(35)16-17-37(20-23-10-11-23)28(35)18-25-12-13-26(30(41-31)29(25)36)40-21-24-8-6-5-7-9-24/h5-9,12-15,23,27-28,31,38-39H,10-11,16-22H2,1-4H3/t27?,28-,31+,33-,34+,35-,36+/m1/s1. The molecule has 2 heterocycles. The number of nitrogens with zero attached hydrogens (tertiary/aromatic N) is 1. The summed E-state index contributed by atoms with van der Waals surface area (Å²) in [6.45, 7) is 11.1. The van der Waals surface area contributed by atoms with Crippen LogP contribution in [0, 0.1) is 28.1 Å². The van der Waals surface area contributed by atoms with Crippen LogP contribution in [0.4, 0.5) is 0 Å². The van der Waals surface area contributed by atoms with Gasteiger partial charge >= 0.3 is 0 Å². The number of ether oxygens (including phenoxy) is 2. The first-order valence-electron chi connectivity index (χ1n) is 15.8. The zero-order valence-electron chi connectivity index (χ0n) is 25.0. The second-order valence-corrected chi connectivity index (χ2v) is 15.4. The molecule has 0 aromatic heterocycles. The van der Waals surface area contributed by atoms with Gasteiger partial charge in [-0.25, -0.2) is 0 Å². The second kappa shape index (κ2) is 8.39. The van der Waals surface area contributed by atoms with Crippen LogP contribution in [0.15, 0.2) is 54.6 Å². The SMILES string of the molecule is CC(C)(C)[C@](C)(O)C1C[C@@]23C=C[C@@]1(CO)[C@@H]1Oc4c(OCc5ccccc5)ccc5c4[C@@]12CCN(CC1CC1)[C@@H]3C5. The van der Waals surface area contributed by atoms with Crippen LogP contribution in [0.1, 0.15) is 70.1 Å². The molecule has 5 nitrogen and oxygen atoms in total. The molecule has 5 heteroatoms. The number of likely N-dealkylation sites (tertiary alicyclic amines) is 1. The summed E-state index contributed by atoms with van der Waals surface area (Å²) in [7, 11) is 0. The molecule has 7 atom stereocenters. The zero-order chi connectivity index (χ0) is 28.4. The zero-order valence-corrected chi connectivity index (χ0v) is 25.0. The monoisotopic (exact) mass is 555 g/mol. The van der Waals surface area contributed by atoms with Gasteiger partial charge in [0.15, 0.2) is 11.5 Å². The van der Waals surface area contributed by atoms with Crippen molar-refractivity contribution in [3.05, 3.63) is 71.3 Å². The summed E-state index contributed by atoms with van der Waals surface area (Å²) in [5.74, 6) is 2.38. The minimum absolute atomic E-state index is 0.0388. The van der Waals surface area contributed by atoms with Crippen molar-refractivity contribution in [1.29, 1.82) is 0 Å². The minimum atomic E-state index is -0.990. The van der Waals surface area contributed by atoms with E-state index in [0.29, 0.717) is 12.6 Å². The molecule has 2 aliphatic heterocycles. The fraction of sp³-hybridized carbons (Fsp3) is 0.611. The first kappa shape index (κ1) is 26.3. The van der Waals surface area contributed by atoms with E-state index in [-0.39, 0.29) is 34.9 Å². The van der Waals surface area contributed by atoms with Gasteiger partial charge in [-0.1, -0.05) is 69.3 Å². The molecule has 218 valence electrons. The van der Waals surface area contributed by atoms with Crippen molar-refractivity contribution >= 4 is 0 Å². The molecule has 0 amide bonds. The van der Waals surface area contributed by atoms with E-state index >= 15 is 0 Å². The van der Waals surface area contributed by atoms with Gasteiger partial charge in [-0.15, -0.1) is 0 Å². The molecule has 2 aromatic rings. The summed E-state index contributed by atoms with van der Waals surface area (Å²) >= 11 is 0. The third-order valence-corrected chi connectivity index (χ3v) is 12.7. The predicted molar refractivity (Wildman–Crippen MR) is 159 cm³/mol. The van der Waals surface area contributed by atoms with Gasteiger partial charge < -0.3 is 19.7 Å². The van der Waals surface area contributed by atoms with Gasteiger partial charge in [-0.3, -0.25) is 4.90 Å². The Morgan fingerprint density at radius 3 is 2.54 bits per heavy atom. The van der Waals surface area contributed by atoms with E-state index in [1.54, 1.807) is 0 Å². The Balaban J connectivity index is 1.30. The van der Waals surface area contributed by atoms with Gasteiger partial charge in [0.1, 0.15) is 12.7 Å². The maximum atomic E-state index is 12.4. The summed E-state index contributed by atoms with van der Waals surface area (Å²) in [5, 5.41) is 23.7. The van der Waals surface area contributed by atoms with Crippen LogP contribution >= 0.6 is 0 Å². The fourth-order valence-corrected chi connectivity index (χ4v) is 9.94. The lowest BCUT2D eigenvalue weighted by molar-refractivity contribution is -0.238. The Bertz CT molecular complexity index is 1410. The molecule has 3 fully saturated rings. The third kappa shape index (κ3) is 3.24. The average Bonchev–Trinajstić information content (AvgIpc) is 3.70. The van der Waals surface area contributed by atoms with Gasteiger partial charge in [0.05, 0.1) is 17.6 Å². The number of fused-ring (bicyclic) bond motifs is 1. The highest BCUT2D eigenvalue weighted by atomic mass is 16.5. The molecular weight excluding hydrogens is 510 g/mol. The number of aliphatic hydroxyl groups is 2. The molecular formula is C36H45NO4. The van der Waals surface area contributed by atoms with E-state index in [1.807, 2.05) is 25.1 Å². The predicted octanol–water partition coefficient (Wildman–Crippen LogP) is 5.66. The largest absolute Gasteiger partial charge is 0.485 e. The molecule has 0 radical (unpaired) electrons. The van der Waals surface area contributed by atoms with Crippen molar-refractivity contribution in [2.24, 2.45) is 28.1 Å². The van der Waals surface area contributed by atoms with E-state index in [9.17, 15) is 10.2 Å². The quantitative estimate of drug-likeness (QED) is 0.432. The van der Waals surface area contributed by atoms with Gasteiger partial charge in [0.2, 0.25) is 0 Å². The van der Waals surface area contributed by atoms with E-state index in [4.69, 9.17) is 9.47 Å². The van der Waals surface area contributed by atoms with Crippen molar-refractivity contribution in [3.63, 3.8) is 0 Å². The summed E-state index contributed by atoms with van der Waals surface area (Å²) in [6.07, 6.45) is 10.1. The van der Waals surface area contributed by atoms with Gasteiger partial charge in [0.25, 0.3) is 0 Å². The molecule has 1 saturated heterocycles. The summed E-state index contributed by atoms with van der Waals surface area (Å²) in [6, 6.07) is 15.1. The molecule has 41 heavy (non-hydrogen) atoms. The average molecular weight is 556 g/mol. The van der Waals surface area contributed by atoms with E-state index in [0.717, 1.165) is 48.8 Å². The van der Waals surface area contributed by atoms with Crippen molar-refractivity contribution < 1.29 is 19.7 Å². The first-order chi connectivity index (χ1) is 19.6. The topological polar surface area (TPSA) is 62.2 Å². The van der Waals surface area contributed by atoms with Crippen molar-refractivity contribution in [3.8, 4) is 11.5 Å². The van der Waals surface area contributed by atoms with E-state index in [2.05, 4.69) is 62.1 Å². The Hall–Kier alpha value is -2.34. The molecule has 2 aromatic carbocycles. The Morgan fingerprint density at radius 2 is 1.83 bits per heavy atom. The number of piperidine rings is 1. The van der Waals surface area contributed by atoms with Gasteiger partial charge in [-0.2, -0.15) is 0 Å². The summed E-state index contributed by atoms with van der Waals surface area (Å²) in [5.41, 5.74) is 1.46. The lowest BCUT2D eigenvalue weighted by Crippen LogP contribution is -2.79. The molecule has 9 rings (SSSR count). The van der Waals surface area contributed by atoms with Gasteiger partial charge in [-0.05, 0) is 74.1 Å². The minimum Gasteiger partial charge on any atom is -0.485 e. The number of aliphatic hydroxyl groups excluding tert-OH is 1. The number of hydrogen-bond donors (Lipinski definition) is 2. The second-order valence-electron chi connectivity index (χ2n) is 15.4. The fourth-order valence-electron chi connectivity index (χ4n) is 9.94. The van der Waals surface area contributed by atoms with Crippen LogP contribution in [0.5, 0.6) is 11.5 Å². The third-order valence-electron chi connectivity index (χ3n) is 12.7. The van der Waals surface area contributed by atoms with Crippen LogP contribution in [-0.2, 0) is 18.4 Å². The molecule has 2 spiro atoms. The van der Waals surface area contributed by atoms with Crippen LogP contribution in [0.3, 0.4) is 0 Å². The molecule has 1 unspecified atom stereocenters. The molecule has 2 saturated carbocycles. The van der Waals surface area contributed by atoms with Crippen LogP contribution in [-0.4, -0.2) is 52.6 Å². The van der Waals surface area contributed by atoms with Crippen LogP contribution in [0.25, 0.3) is 0 Å². The normalized spacial score (nSPS) is 37.9. The van der Waals surface area contributed by atoms with Gasteiger partial charge in [0, 0.05) is 34.9 Å².